The minimum Gasteiger partial charge on any atom is -0.493 e. The molecule has 1 aromatic carbocycles. The van der Waals surface area contributed by atoms with Crippen molar-refractivity contribution >= 4 is 35.5 Å². The third kappa shape index (κ3) is 6.44. The van der Waals surface area contributed by atoms with E-state index in [0.717, 1.165) is 11.4 Å². The lowest BCUT2D eigenvalue weighted by molar-refractivity contribution is -0.118. The van der Waals surface area contributed by atoms with E-state index in [-0.39, 0.29) is 18.3 Å². The summed E-state index contributed by atoms with van der Waals surface area (Å²) in [5.41, 5.74) is 4.79. The highest BCUT2D eigenvalue weighted by molar-refractivity contribution is 7.99. The van der Waals surface area contributed by atoms with Crippen LogP contribution in [0.25, 0.3) is 0 Å². The van der Waals surface area contributed by atoms with Gasteiger partial charge in [-0.05, 0) is 37.6 Å². The first-order valence-electron chi connectivity index (χ1n) is 8.13. The summed E-state index contributed by atoms with van der Waals surface area (Å²) in [6, 6.07) is 5.17. The number of halogens is 1. The van der Waals surface area contributed by atoms with Gasteiger partial charge in [-0.2, -0.15) is 5.10 Å². The van der Waals surface area contributed by atoms with E-state index in [1.54, 1.807) is 12.1 Å². The number of ether oxygens (including phenoxy) is 2. The molecule has 1 N–H and O–H groups in total. The second-order valence-electron chi connectivity index (χ2n) is 5.54. The first-order valence-corrected chi connectivity index (χ1v) is 9.50. The van der Waals surface area contributed by atoms with Crippen molar-refractivity contribution in [2.24, 2.45) is 5.10 Å². The molecule has 0 aliphatic carbocycles. The number of rotatable bonds is 8. The van der Waals surface area contributed by atoms with E-state index in [2.05, 4.69) is 26.4 Å². The number of aromatic nitrogens is 2. The Balaban J connectivity index is 1.95. The molecule has 0 saturated carbocycles. The Bertz CT molecular complexity index is 908. The van der Waals surface area contributed by atoms with Gasteiger partial charge in [0.15, 0.2) is 16.7 Å². The zero-order valence-electron chi connectivity index (χ0n) is 15.7. The minimum absolute atomic E-state index is 0.0709. The molecule has 146 valence electrons. The molecule has 0 radical (unpaired) electrons. The summed E-state index contributed by atoms with van der Waals surface area (Å²) in [5.74, 6) is 2.99. The lowest BCUT2D eigenvalue weighted by atomic mass is 10.2. The highest BCUT2D eigenvalue weighted by Gasteiger charge is 2.11. The predicted octanol–water partition coefficient (Wildman–Crippen LogP) is 3.01. The smallest absolute Gasteiger partial charge is 0.250 e. The number of nitrogens with zero attached hydrogens (tertiary/aromatic N) is 3. The van der Waals surface area contributed by atoms with Gasteiger partial charge in [0.2, 0.25) is 0 Å². The molecule has 1 heterocycles. The minimum atomic E-state index is -0.281. The molecule has 28 heavy (non-hydrogen) atoms. The Kier molecular flexibility index (Phi) is 8.11. The van der Waals surface area contributed by atoms with Crippen LogP contribution in [0.2, 0.25) is 5.02 Å². The van der Waals surface area contributed by atoms with Gasteiger partial charge in [-0.25, -0.2) is 15.4 Å². The molecular formula is C19H19ClN4O3S. The molecule has 2 rings (SSSR count). The molecule has 0 fully saturated rings. The van der Waals surface area contributed by atoms with E-state index in [1.165, 1.54) is 25.1 Å². The van der Waals surface area contributed by atoms with Gasteiger partial charge in [-0.15, -0.1) is 6.42 Å². The zero-order chi connectivity index (χ0) is 20.5. The number of benzene rings is 1. The van der Waals surface area contributed by atoms with Gasteiger partial charge in [-0.3, -0.25) is 4.79 Å². The summed E-state index contributed by atoms with van der Waals surface area (Å²) in [4.78, 5) is 20.5. The fraction of sp³-hybridized carbons (Fsp3) is 0.263. The van der Waals surface area contributed by atoms with Gasteiger partial charge in [-0.1, -0.05) is 29.3 Å². The van der Waals surface area contributed by atoms with E-state index < -0.39 is 0 Å². The molecule has 1 amide bonds. The van der Waals surface area contributed by atoms with Crippen LogP contribution in [-0.2, 0) is 4.79 Å². The van der Waals surface area contributed by atoms with Crippen molar-refractivity contribution in [2.75, 3.05) is 19.5 Å². The average Bonchev–Trinajstić information content (AvgIpc) is 2.64. The normalized spacial score (nSPS) is 10.5. The molecule has 0 saturated heterocycles. The Morgan fingerprint density at radius 1 is 1.36 bits per heavy atom. The van der Waals surface area contributed by atoms with E-state index in [9.17, 15) is 4.79 Å². The van der Waals surface area contributed by atoms with Gasteiger partial charge >= 0.3 is 0 Å². The number of terminal acetylenes is 1. The average molecular weight is 419 g/mol. The summed E-state index contributed by atoms with van der Waals surface area (Å²) in [5, 5.41) is 4.81. The maximum atomic E-state index is 11.9. The first-order chi connectivity index (χ1) is 13.4. The van der Waals surface area contributed by atoms with Crippen LogP contribution in [0.15, 0.2) is 28.5 Å². The first kappa shape index (κ1) is 21.5. The van der Waals surface area contributed by atoms with Crippen molar-refractivity contribution in [3.05, 3.63) is 40.2 Å². The monoisotopic (exact) mass is 418 g/mol. The zero-order valence-corrected chi connectivity index (χ0v) is 17.2. The number of aryl methyl sites for hydroxylation is 2. The molecule has 0 spiro atoms. The van der Waals surface area contributed by atoms with E-state index in [1.807, 2.05) is 19.9 Å². The molecule has 0 atom stereocenters. The molecule has 1 aromatic heterocycles. The number of carbonyl (C=O) groups is 1. The van der Waals surface area contributed by atoms with Crippen LogP contribution < -0.4 is 14.9 Å². The number of methoxy groups -OCH3 is 1. The molecule has 0 aliphatic rings. The van der Waals surface area contributed by atoms with Crippen LogP contribution in [0, 0.1) is 26.2 Å². The fourth-order valence-electron chi connectivity index (χ4n) is 2.17. The van der Waals surface area contributed by atoms with Crippen LogP contribution >= 0.6 is 23.4 Å². The van der Waals surface area contributed by atoms with Crippen LogP contribution in [-0.4, -0.2) is 41.6 Å². The van der Waals surface area contributed by atoms with Crippen LogP contribution in [0.1, 0.15) is 17.0 Å². The third-order valence-electron chi connectivity index (χ3n) is 3.25. The molecule has 7 nitrogen and oxygen atoms in total. The van der Waals surface area contributed by atoms with Crippen molar-refractivity contribution in [2.45, 2.75) is 19.0 Å². The van der Waals surface area contributed by atoms with Crippen molar-refractivity contribution in [1.82, 2.24) is 15.4 Å². The molecule has 0 unspecified atom stereocenters. The summed E-state index contributed by atoms with van der Waals surface area (Å²) in [6.45, 7) is 3.83. The highest BCUT2D eigenvalue weighted by atomic mass is 35.5. The summed E-state index contributed by atoms with van der Waals surface area (Å²) in [7, 11) is 1.49. The molecule has 2 aromatic rings. The van der Waals surface area contributed by atoms with Crippen molar-refractivity contribution in [3.8, 4) is 23.8 Å². The maximum Gasteiger partial charge on any atom is 0.250 e. The lowest BCUT2D eigenvalue weighted by Crippen LogP contribution is -2.19. The Morgan fingerprint density at radius 2 is 2.07 bits per heavy atom. The van der Waals surface area contributed by atoms with Crippen LogP contribution in [0.3, 0.4) is 0 Å². The number of carbonyl (C=O) groups excluding carboxylic acids is 1. The fourth-order valence-corrected chi connectivity index (χ4v) is 3.18. The van der Waals surface area contributed by atoms with Gasteiger partial charge < -0.3 is 9.47 Å². The van der Waals surface area contributed by atoms with Crippen LogP contribution in [0.4, 0.5) is 0 Å². The van der Waals surface area contributed by atoms with E-state index in [4.69, 9.17) is 27.5 Å². The summed E-state index contributed by atoms with van der Waals surface area (Å²) >= 11 is 7.43. The Hall–Kier alpha value is -2.76. The van der Waals surface area contributed by atoms with Gasteiger partial charge in [0.05, 0.1) is 24.1 Å². The van der Waals surface area contributed by atoms with E-state index in [0.29, 0.717) is 27.2 Å². The topological polar surface area (TPSA) is 85.7 Å². The number of thioether (sulfide) groups is 1. The van der Waals surface area contributed by atoms with Crippen molar-refractivity contribution in [1.29, 1.82) is 0 Å². The highest BCUT2D eigenvalue weighted by Crippen LogP contribution is 2.35. The second-order valence-corrected chi connectivity index (χ2v) is 6.89. The summed E-state index contributed by atoms with van der Waals surface area (Å²) in [6.07, 6.45) is 6.64. The van der Waals surface area contributed by atoms with Gasteiger partial charge in [0, 0.05) is 11.4 Å². The SMILES string of the molecule is C#CCOc1c(Cl)cc(/C=N/NC(=O)CSc2nc(C)cc(C)n2)cc1OC. The van der Waals surface area contributed by atoms with Crippen LogP contribution in [0.5, 0.6) is 11.5 Å². The number of hydrogen-bond acceptors (Lipinski definition) is 7. The maximum absolute atomic E-state index is 11.9. The lowest BCUT2D eigenvalue weighted by Gasteiger charge is -2.11. The number of hydrazone groups is 1. The molecule has 9 heteroatoms. The Morgan fingerprint density at radius 3 is 2.71 bits per heavy atom. The number of nitrogens with one attached hydrogen (secondary N) is 1. The molecule has 0 aliphatic heterocycles. The second kappa shape index (κ2) is 10.5. The third-order valence-corrected chi connectivity index (χ3v) is 4.38. The van der Waals surface area contributed by atoms with E-state index >= 15 is 0 Å². The molecular weight excluding hydrogens is 400 g/mol. The summed E-state index contributed by atoms with van der Waals surface area (Å²) < 4.78 is 10.6. The number of amides is 1. The largest absolute Gasteiger partial charge is 0.493 e. The standard InChI is InChI=1S/C19H19ClN4O3S/c1-5-6-27-18-15(20)8-14(9-16(18)26-4)10-21-24-17(25)11-28-19-22-12(2)7-13(3)23-19/h1,7-10H,6,11H2,2-4H3,(H,24,25)/b21-10+. The van der Waals surface area contributed by atoms with Gasteiger partial charge in [0.1, 0.15) is 6.61 Å². The van der Waals surface area contributed by atoms with Crippen molar-refractivity contribution < 1.29 is 14.3 Å². The van der Waals surface area contributed by atoms with Gasteiger partial charge in [0.25, 0.3) is 5.91 Å². The predicted molar refractivity (Wildman–Crippen MR) is 110 cm³/mol. The quantitative estimate of drug-likeness (QED) is 0.233. The number of hydrogen-bond donors (Lipinski definition) is 1. The van der Waals surface area contributed by atoms with Crippen molar-refractivity contribution in [3.63, 3.8) is 0 Å². The Labute approximate surface area is 172 Å². The molecule has 0 bridgehead atoms.